The molecule has 2 aromatic carbocycles. The second-order valence-corrected chi connectivity index (χ2v) is 7.69. The zero-order chi connectivity index (χ0) is 21.1. The van der Waals surface area contributed by atoms with Gasteiger partial charge in [0, 0.05) is 4.90 Å². The molecule has 4 rings (SSSR count). The quantitative estimate of drug-likeness (QED) is 0.366. The first-order valence-electron chi connectivity index (χ1n) is 8.93. The molecule has 0 aliphatic carbocycles. The number of ether oxygens (including phenoxy) is 1. The Labute approximate surface area is 182 Å². The molecule has 0 spiro atoms. The summed E-state index contributed by atoms with van der Waals surface area (Å²) in [5.74, 6) is -0.0478. The van der Waals surface area contributed by atoms with Gasteiger partial charge in [0.05, 0.1) is 12.8 Å². The Hall–Kier alpha value is -3.36. The molecular formula is C22H16N2O4S2. The monoisotopic (exact) mass is 436 g/mol. The third-order valence-electron chi connectivity index (χ3n) is 4.28. The standard InChI is InChI=1S/C22H16N2O4S2/c1-27-15-9-7-14(8-10-15)24-21(26)18(20(25)23-22(24)29)13-16-11-12-19(28-16)30-17-5-3-2-4-6-17/h2-13H,1H3,(H,23,25,29). The molecule has 1 fully saturated rings. The Morgan fingerprint density at radius 2 is 1.77 bits per heavy atom. The third kappa shape index (κ3) is 4.14. The van der Waals surface area contributed by atoms with Crippen LogP contribution in [-0.2, 0) is 9.59 Å². The molecule has 1 aliphatic heterocycles. The van der Waals surface area contributed by atoms with Crippen molar-refractivity contribution in [2.75, 3.05) is 12.0 Å². The lowest BCUT2D eigenvalue weighted by Crippen LogP contribution is -2.54. The number of rotatable bonds is 5. The van der Waals surface area contributed by atoms with Gasteiger partial charge in [0.15, 0.2) is 10.2 Å². The molecule has 1 N–H and O–H groups in total. The van der Waals surface area contributed by atoms with E-state index in [9.17, 15) is 9.59 Å². The van der Waals surface area contributed by atoms with Crippen molar-refractivity contribution in [2.24, 2.45) is 0 Å². The van der Waals surface area contributed by atoms with Crippen LogP contribution >= 0.6 is 24.0 Å². The summed E-state index contributed by atoms with van der Waals surface area (Å²) < 4.78 is 10.9. The van der Waals surface area contributed by atoms with Gasteiger partial charge in [-0.1, -0.05) is 30.0 Å². The average Bonchev–Trinajstić information content (AvgIpc) is 3.19. The van der Waals surface area contributed by atoms with Crippen LogP contribution in [0.1, 0.15) is 5.76 Å². The highest BCUT2D eigenvalue weighted by atomic mass is 32.2. The second-order valence-electron chi connectivity index (χ2n) is 6.23. The summed E-state index contributed by atoms with van der Waals surface area (Å²) in [7, 11) is 1.56. The van der Waals surface area contributed by atoms with Crippen LogP contribution in [0, 0.1) is 0 Å². The van der Waals surface area contributed by atoms with Gasteiger partial charge in [-0.15, -0.1) is 0 Å². The van der Waals surface area contributed by atoms with Gasteiger partial charge in [-0.2, -0.15) is 0 Å². The van der Waals surface area contributed by atoms with Crippen molar-refractivity contribution in [3.63, 3.8) is 0 Å². The molecule has 30 heavy (non-hydrogen) atoms. The Bertz CT molecular complexity index is 1140. The molecule has 0 bridgehead atoms. The molecule has 3 aromatic rings. The van der Waals surface area contributed by atoms with Crippen LogP contribution < -0.4 is 15.0 Å². The lowest BCUT2D eigenvalue weighted by atomic mass is 10.1. The smallest absolute Gasteiger partial charge is 0.270 e. The maximum atomic E-state index is 13.0. The van der Waals surface area contributed by atoms with Crippen molar-refractivity contribution in [2.45, 2.75) is 9.99 Å². The van der Waals surface area contributed by atoms with Crippen molar-refractivity contribution in [1.82, 2.24) is 5.32 Å². The van der Waals surface area contributed by atoms with Crippen molar-refractivity contribution >= 4 is 52.7 Å². The Balaban J connectivity index is 1.59. The predicted molar refractivity (Wildman–Crippen MR) is 118 cm³/mol. The van der Waals surface area contributed by atoms with Gasteiger partial charge in [-0.3, -0.25) is 19.8 Å². The number of hydrogen-bond donors (Lipinski definition) is 1. The van der Waals surface area contributed by atoms with Crippen molar-refractivity contribution in [3.8, 4) is 5.75 Å². The van der Waals surface area contributed by atoms with Crippen LogP contribution in [0.3, 0.4) is 0 Å². The largest absolute Gasteiger partial charge is 0.497 e. The van der Waals surface area contributed by atoms with Crippen molar-refractivity contribution < 1.29 is 18.7 Å². The molecular weight excluding hydrogens is 420 g/mol. The molecule has 1 aromatic heterocycles. The van der Waals surface area contributed by atoms with Crippen molar-refractivity contribution in [1.29, 1.82) is 0 Å². The van der Waals surface area contributed by atoms with E-state index in [1.165, 1.54) is 22.7 Å². The lowest BCUT2D eigenvalue weighted by molar-refractivity contribution is -0.122. The van der Waals surface area contributed by atoms with Crippen LogP contribution in [0.2, 0.25) is 0 Å². The molecule has 0 unspecified atom stereocenters. The summed E-state index contributed by atoms with van der Waals surface area (Å²) in [4.78, 5) is 27.7. The maximum Gasteiger partial charge on any atom is 0.270 e. The molecule has 1 aliphatic rings. The molecule has 0 atom stereocenters. The van der Waals surface area contributed by atoms with E-state index in [1.807, 2.05) is 30.3 Å². The third-order valence-corrected chi connectivity index (χ3v) is 5.50. The molecule has 150 valence electrons. The van der Waals surface area contributed by atoms with E-state index in [0.29, 0.717) is 22.3 Å². The first kappa shape index (κ1) is 19.9. The average molecular weight is 437 g/mol. The summed E-state index contributed by atoms with van der Waals surface area (Å²) in [6, 6.07) is 20.1. The van der Waals surface area contributed by atoms with E-state index < -0.39 is 11.8 Å². The highest BCUT2D eigenvalue weighted by Gasteiger charge is 2.34. The number of carbonyl (C=O) groups excluding carboxylic acids is 2. The zero-order valence-corrected chi connectivity index (χ0v) is 17.5. The first-order valence-corrected chi connectivity index (χ1v) is 10.2. The number of amides is 2. The zero-order valence-electron chi connectivity index (χ0n) is 15.8. The highest BCUT2D eigenvalue weighted by Crippen LogP contribution is 2.30. The first-order chi connectivity index (χ1) is 14.5. The van der Waals surface area contributed by atoms with Gasteiger partial charge in [0.2, 0.25) is 0 Å². The maximum absolute atomic E-state index is 13.0. The predicted octanol–water partition coefficient (Wildman–Crippen LogP) is 4.27. The van der Waals surface area contributed by atoms with Gasteiger partial charge in [-0.25, -0.2) is 0 Å². The minimum absolute atomic E-state index is 0.0204. The molecule has 2 heterocycles. The number of nitrogens with zero attached hydrogens (tertiary/aromatic N) is 1. The minimum Gasteiger partial charge on any atom is -0.497 e. The van der Waals surface area contributed by atoms with Crippen LogP contribution in [0.5, 0.6) is 5.75 Å². The molecule has 0 radical (unpaired) electrons. The van der Waals surface area contributed by atoms with E-state index >= 15 is 0 Å². The van der Waals surface area contributed by atoms with Crippen LogP contribution in [0.25, 0.3) is 6.08 Å². The lowest BCUT2D eigenvalue weighted by Gasteiger charge is -2.28. The van der Waals surface area contributed by atoms with Crippen LogP contribution in [0.15, 0.2) is 86.7 Å². The molecule has 6 nitrogen and oxygen atoms in total. The highest BCUT2D eigenvalue weighted by molar-refractivity contribution is 7.99. The van der Waals surface area contributed by atoms with E-state index in [1.54, 1.807) is 43.5 Å². The van der Waals surface area contributed by atoms with Gasteiger partial charge < -0.3 is 9.15 Å². The molecule has 2 amide bonds. The van der Waals surface area contributed by atoms with E-state index in [4.69, 9.17) is 21.4 Å². The molecule has 1 saturated heterocycles. The number of anilines is 1. The second kappa shape index (κ2) is 8.56. The van der Waals surface area contributed by atoms with Crippen LogP contribution in [0.4, 0.5) is 5.69 Å². The Kier molecular flexibility index (Phi) is 5.69. The summed E-state index contributed by atoms with van der Waals surface area (Å²) in [6.07, 6.45) is 1.42. The summed E-state index contributed by atoms with van der Waals surface area (Å²) in [5, 5.41) is 3.23. The number of methoxy groups -OCH3 is 1. The Morgan fingerprint density at radius 3 is 2.47 bits per heavy atom. The number of hydrogen-bond acceptors (Lipinski definition) is 6. The SMILES string of the molecule is COc1ccc(N2C(=O)C(=Cc3ccc(Sc4ccccc4)o3)C(=O)NC2=S)cc1. The van der Waals surface area contributed by atoms with E-state index in [2.05, 4.69) is 5.32 Å². The van der Waals surface area contributed by atoms with Gasteiger partial charge in [0.1, 0.15) is 17.1 Å². The van der Waals surface area contributed by atoms with Gasteiger partial charge >= 0.3 is 0 Å². The number of thiocarbonyl (C=S) groups is 1. The Morgan fingerprint density at radius 1 is 1.03 bits per heavy atom. The number of benzene rings is 2. The fourth-order valence-electron chi connectivity index (χ4n) is 2.84. The van der Waals surface area contributed by atoms with E-state index in [-0.39, 0.29) is 10.7 Å². The van der Waals surface area contributed by atoms with Gasteiger partial charge in [0.25, 0.3) is 11.8 Å². The summed E-state index contributed by atoms with van der Waals surface area (Å²) in [5.41, 5.74) is 0.460. The fourth-order valence-corrected chi connectivity index (χ4v) is 3.92. The number of furan rings is 1. The summed E-state index contributed by atoms with van der Waals surface area (Å²) in [6.45, 7) is 0. The van der Waals surface area contributed by atoms with Crippen LogP contribution in [-0.4, -0.2) is 24.0 Å². The molecule has 8 heteroatoms. The minimum atomic E-state index is -0.566. The molecule has 0 saturated carbocycles. The summed E-state index contributed by atoms with van der Waals surface area (Å²) >= 11 is 6.66. The van der Waals surface area contributed by atoms with Gasteiger partial charge in [-0.05, 0) is 66.8 Å². The fraction of sp³-hybridized carbons (Fsp3) is 0.0455. The van der Waals surface area contributed by atoms with E-state index in [0.717, 1.165) is 4.90 Å². The number of carbonyl (C=O) groups is 2. The topological polar surface area (TPSA) is 71.8 Å². The normalized spacial score (nSPS) is 15.4. The van der Waals surface area contributed by atoms with Crippen molar-refractivity contribution in [3.05, 3.63) is 78.1 Å². The number of nitrogens with one attached hydrogen (secondary N) is 1.